The van der Waals surface area contributed by atoms with Crippen molar-refractivity contribution in [3.05, 3.63) is 105 Å². The summed E-state index contributed by atoms with van der Waals surface area (Å²) in [5.74, 6) is -2.96. The van der Waals surface area contributed by atoms with Crippen molar-refractivity contribution in [1.82, 2.24) is 4.90 Å². The molecular formula is C30H32Cl2F2N2O2. The number of ether oxygens (including phenoxy) is 1. The fourth-order valence-corrected chi connectivity index (χ4v) is 5.88. The van der Waals surface area contributed by atoms with Crippen molar-refractivity contribution in [3.8, 4) is 0 Å². The maximum atomic E-state index is 15.7. The first-order valence-electron chi connectivity index (χ1n) is 12.5. The molecule has 4 rings (SSSR count). The van der Waals surface area contributed by atoms with Gasteiger partial charge in [0.2, 0.25) is 0 Å². The van der Waals surface area contributed by atoms with E-state index in [1.165, 1.54) is 18.2 Å². The Hall–Kier alpha value is -2.51. The number of halogens is 4. The van der Waals surface area contributed by atoms with Crippen LogP contribution in [0.3, 0.4) is 0 Å². The monoisotopic (exact) mass is 560 g/mol. The van der Waals surface area contributed by atoms with Crippen LogP contribution in [0.4, 0.5) is 8.78 Å². The molecule has 1 unspecified atom stereocenters. The van der Waals surface area contributed by atoms with Crippen LogP contribution in [0, 0.1) is 18.6 Å². The third-order valence-electron chi connectivity index (χ3n) is 7.19. The first-order valence-corrected chi connectivity index (χ1v) is 13.2. The van der Waals surface area contributed by atoms with Gasteiger partial charge in [-0.05, 0) is 63.9 Å². The molecule has 1 saturated heterocycles. The summed E-state index contributed by atoms with van der Waals surface area (Å²) in [5, 5.41) is 0.0837. The number of nitrogens with zero attached hydrogens (tertiary/aromatic N) is 1. The molecule has 1 heterocycles. The second kappa shape index (κ2) is 10.6. The largest absolute Gasteiger partial charge is 0.459 e. The van der Waals surface area contributed by atoms with Gasteiger partial charge in [-0.15, -0.1) is 0 Å². The Morgan fingerprint density at radius 2 is 1.76 bits per heavy atom. The second-order valence-electron chi connectivity index (χ2n) is 11.0. The Labute approximate surface area is 232 Å². The van der Waals surface area contributed by atoms with Crippen molar-refractivity contribution in [2.45, 2.75) is 70.3 Å². The summed E-state index contributed by atoms with van der Waals surface area (Å²) in [5.41, 5.74) is 7.03. The number of carbonyl (C=O) groups excluding carboxylic acids is 1. The van der Waals surface area contributed by atoms with E-state index >= 15 is 8.78 Å². The van der Waals surface area contributed by atoms with Crippen LogP contribution in [0.15, 0.2) is 60.7 Å². The van der Waals surface area contributed by atoms with Gasteiger partial charge in [-0.2, -0.15) is 0 Å². The van der Waals surface area contributed by atoms with E-state index in [2.05, 4.69) is 0 Å². The summed E-state index contributed by atoms with van der Waals surface area (Å²) in [6, 6.07) is 15.0. The van der Waals surface area contributed by atoms with E-state index in [1.807, 2.05) is 43.0 Å². The van der Waals surface area contributed by atoms with E-state index in [-0.39, 0.29) is 21.2 Å². The van der Waals surface area contributed by atoms with E-state index in [1.54, 1.807) is 39.0 Å². The number of aryl methyl sites for hydroxylation is 1. The van der Waals surface area contributed by atoms with Crippen molar-refractivity contribution >= 4 is 29.2 Å². The number of esters is 1. The predicted octanol–water partition coefficient (Wildman–Crippen LogP) is 7.13. The highest BCUT2D eigenvalue weighted by molar-refractivity contribution is 6.31. The summed E-state index contributed by atoms with van der Waals surface area (Å²) < 4.78 is 37.1. The van der Waals surface area contributed by atoms with Gasteiger partial charge < -0.3 is 10.5 Å². The molecule has 3 aromatic rings. The molecule has 0 saturated carbocycles. The van der Waals surface area contributed by atoms with E-state index in [0.717, 1.165) is 11.1 Å². The predicted molar refractivity (Wildman–Crippen MR) is 147 cm³/mol. The lowest BCUT2D eigenvalue weighted by molar-refractivity contribution is -0.161. The third-order valence-corrected chi connectivity index (χ3v) is 7.71. The van der Waals surface area contributed by atoms with Gasteiger partial charge in [0.15, 0.2) is 0 Å². The van der Waals surface area contributed by atoms with Crippen LogP contribution in [0.25, 0.3) is 0 Å². The van der Waals surface area contributed by atoms with Crippen molar-refractivity contribution in [2.75, 3.05) is 0 Å². The zero-order valence-corrected chi connectivity index (χ0v) is 23.6. The van der Waals surface area contributed by atoms with Crippen LogP contribution >= 0.6 is 23.2 Å². The Bertz CT molecular complexity index is 1360. The van der Waals surface area contributed by atoms with Crippen LogP contribution in [-0.4, -0.2) is 28.6 Å². The maximum absolute atomic E-state index is 15.7. The Morgan fingerprint density at radius 1 is 1.08 bits per heavy atom. The van der Waals surface area contributed by atoms with E-state index in [4.69, 9.17) is 33.7 Å². The molecule has 38 heavy (non-hydrogen) atoms. The summed E-state index contributed by atoms with van der Waals surface area (Å²) in [6.45, 7) is 9.39. The smallest absolute Gasteiger partial charge is 0.324 e. The SMILES string of the molecule is Cc1cccc(CN2C(C)[C@](N)(c3ccc(Cl)cc3F)[C@@H](c3cccc(Cl)c3F)[C@@H]2C(=O)OC(C)(C)C)c1. The van der Waals surface area contributed by atoms with Crippen molar-refractivity contribution < 1.29 is 18.3 Å². The Morgan fingerprint density at radius 3 is 2.39 bits per heavy atom. The minimum Gasteiger partial charge on any atom is -0.459 e. The number of rotatable bonds is 5. The molecule has 3 aromatic carbocycles. The quantitative estimate of drug-likeness (QED) is 0.337. The summed E-state index contributed by atoms with van der Waals surface area (Å²) in [4.78, 5) is 15.8. The highest BCUT2D eigenvalue weighted by atomic mass is 35.5. The number of likely N-dealkylation sites (tertiary alicyclic amines) is 1. The lowest BCUT2D eigenvalue weighted by Crippen LogP contribution is -2.50. The summed E-state index contributed by atoms with van der Waals surface area (Å²) in [6.07, 6.45) is 0. The van der Waals surface area contributed by atoms with Gasteiger partial charge >= 0.3 is 5.97 Å². The van der Waals surface area contributed by atoms with E-state index < -0.39 is 46.7 Å². The van der Waals surface area contributed by atoms with Crippen LogP contribution in [0.2, 0.25) is 10.0 Å². The Kier molecular flexibility index (Phi) is 7.93. The standard InChI is InChI=1S/C30H32Cl2F2N2O2/c1-17-8-6-9-19(14-17)16-36-18(2)30(35,22-13-12-20(31)15-24(22)33)25(21-10-7-11-23(32)26(21)34)27(36)28(37)38-29(3,4)5/h6-15,18,25,27H,16,35H2,1-5H3/t18?,25-,27+,30-/m0/s1. The van der Waals surface area contributed by atoms with Crippen LogP contribution in [0.1, 0.15) is 55.9 Å². The first kappa shape index (κ1) is 28.5. The molecule has 202 valence electrons. The fraction of sp³-hybridized carbons (Fsp3) is 0.367. The first-order chi connectivity index (χ1) is 17.7. The molecule has 1 aliphatic rings. The highest BCUT2D eigenvalue weighted by Gasteiger charge is 2.61. The van der Waals surface area contributed by atoms with Gasteiger partial charge in [0.05, 0.1) is 10.6 Å². The molecule has 1 aliphatic heterocycles. The second-order valence-corrected chi connectivity index (χ2v) is 11.8. The molecule has 4 atom stereocenters. The number of hydrogen-bond acceptors (Lipinski definition) is 4. The zero-order valence-electron chi connectivity index (χ0n) is 22.1. The zero-order chi connectivity index (χ0) is 28.0. The molecule has 0 aromatic heterocycles. The summed E-state index contributed by atoms with van der Waals surface area (Å²) >= 11 is 12.3. The van der Waals surface area contributed by atoms with Crippen LogP contribution in [-0.2, 0) is 21.6 Å². The van der Waals surface area contributed by atoms with Crippen LogP contribution < -0.4 is 5.73 Å². The molecule has 0 bridgehead atoms. The normalized spacial score (nSPS) is 24.0. The summed E-state index contributed by atoms with van der Waals surface area (Å²) in [7, 11) is 0. The van der Waals surface area contributed by atoms with Gasteiger partial charge in [0.1, 0.15) is 23.3 Å². The molecule has 4 nitrogen and oxygen atoms in total. The van der Waals surface area contributed by atoms with E-state index in [9.17, 15) is 4.79 Å². The number of hydrogen-bond donors (Lipinski definition) is 1. The molecule has 0 aliphatic carbocycles. The lowest BCUT2D eigenvalue weighted by Gasteiger charge is -2.37. The van der Waals surface area contributed by atoms with Crippen molar-refractivity contribution in [1.29, 1.82) is 0 Å². The highest BCUT2D eigenvalue weighted by Crippen LogP contribution is 2.52. The van der Waals surface area contributed by atoms with Crippen molar-refractivity contribution in [2.24, 2.45) is 5.73 Å². The third kappa shape index (κ3) is 5.32. The fourth-order valence-electron chi connectivity index (χ4n) is 5.54. The molecule has 1 fully saturated rings. The lowest BCUT2D eigenvalue weighted by atomic mass is 9.71. The van der Waals surface area contributed by atoms with Gasteiger partial charge in [-0.1, -0.05) is 71.2 Å². The molecule has 0 amide bonds. The molecule has 0 spiro atoms. The Balaban J connectivity index is 1.99. The maximum Gasteiger partial charge on any atom is 0.324 e. The van der Waals surface area contributed by atoms with Gasteiger partial charge in [-0.3, -0.25) is 9.69 Å². The molecule has 8 heteroatoms. The molecule has 0 radical (unpaired) electrons. The van der Waals surface area contributed by atoms with Gasteiger partial charge in [0, 0.05) is 29.1 Å². The minimum absolute atomic E-state index is 0.115. The number of nitrogens with two attached hydrogens (primary N) is 1. The topological polar surface area (TPSA) is 55.6 Å². The van der Waals surface area contributed by atoms with Gasteiger partial charge in [-0.25, -0.2) is 8.78 Å². The van der Waals surface area contributed by atoms with Crippen LogP contribution in [0.5, 0.6) is 0 Å². The van der Waals surface area contributed by atoms with Gasteiger partial charge in [0.25, 0.3) is 0 Å². The minimum atomic E-state index is -1.55. The molecular weight excluding hydrogens is 529 g/mol. The average molecular weight is 562 g/mol. The average Bonchev–Trinajstić information content (AvgIpc) is 3.02. The molecule has 2 N–H and O–H groups in total. The van der Waals surface area contributed by atoms with Crippen molar-refractivity contribution in [3.63, 3.8) is 0 Å². The number of carbonyl (C=O) groups is 1. The number of benzene rings is 3. The van der Waals surface area contributed by atoms with E-state index in [0.29, 0.717) is 6.54 Å².